The van der Waals surface area contributed by atoms with Crippen molar-refractivity contribution in [3.63, 3.8) is 0 Å². The van der Waals surface area contributed by atoms with Crippen molar-refractivity contribution in [2.45, 2.75) is 58.5 Å². The minimum Gasteiger partial charge on any atom is -0.350 e. The highest BCUT2D eigenvalue weighted by molar-refractivity contribution is 5.83. The summed E-state index contributed by atoms with van der Waals surface area (Å²) in [6.07, 6.45) is 6.78. The highest BCUT2D eigenvalue weighted by atomic mass is 16.1. The van der Waals surface area contributed by atoms with Crippen molar-refractivity contribution < 1.29 is 4.79 Å². The molecule has 0 aliphatic heterocycles. The molecule has 1 aromatic carbocycles. The van der Waals surface area contributed by atoms with Gasteiger partial charge in [-0.3, -0.25) is 9.48 Å². The third-order valence-corrected chi connectivity index (χ3v) is 4.58. The van der Waals surface area contributed by atoms with E-state index in [4.69, 9.17) is 5.10 Å². The van der Waals surface area contributed by atoms with Crippen LogP contribution in [0, 0.1) is 5.92 Å². The Morgan fingerprint density at radius 2 is 2.05 bits per heavy atom. The van der Waals surface area contributed by atoms with Gasteiger partial charge in [0.1, 0.15) is 0 Å². The van der Waals surface area contributed by atoms with Crippen LogP contribution >= 0.6 is 0 Å². The summed E-state index contributed by atoms with van der Waals surface area (Å²) in [5.41, 5.74) is 2.14. The van der Waals surface area contributed by atoms with Gasteiger partial charge in [0.05, 0.1) is 17.8 Å². The van der Waals surface area contributed by atoms with Crippen LogP contribution in [0.1, 0.15) is 51.1 Å². The van der Waals surface area contributed by atoms with E-state index in [1.807, 2.05) is 12.1 Å². The Morgan fingerprint density at radius 3 is 2.82 bits per heavy atom. The van der Waals surface area contributed by atoms with E-state index in [1.165, 1.54) is 19.3 Å². The van der Waals surface area contributed by atoms with Gasteiger partial charge in [-0.25, -0.2) is 0 Å². The van der Waals surface area contributed by atoms with Crippen molar-refractivity contribution >= 4 is 16.8 Å². The number of amides is 1. The smallest absolute Gasteiger partial charge is 0.223 e. The van der Waals surface area contributed by atoms with E-state index in [2.05, 4.69) is 29.1 Å². The number of aryl methyl sites for hydroxylation is 1. The average molecular weight is 299 g/mol. The molecule has 0 radical (unpaired) electrons. The molecular weight excluding hydrogens is 274 g/mol. The number of rotatable bonds is 5. The summed E-state index contributed by atoms with van der Waals surface area (Å²) in [5.74, 6) is 0.409. The number of carbonyl (C=O) groups excluding carboxylic acids is 1. The lowest BCUT2D eigenvalue weighted by molar-refractivity contribution is -0.126. The first-order valence-corrected chi connectivity index (χ1v) is 8.51. The fourth-order valence-electron chi connectivity index (χ4n) is 3.39. The van der Waals surface area contributed by atoms with Gasteiger partial charge in [0, 0.05) is 17.8 Å². The number of para-hydroxylation sites is 1. The van der Waals surface area contributed by atoms with E-state index < -0.39 is 0 Å². The maximum atomic E-state index is 12.3. The zero-order chi connectivity index (χ0) is 15.4. The Balaban J connectivity index is 1.72. The van der Waals surface area contributed by atoms with E-state index >= 15 is 0 Å². The lowest BCUT2D eigenvalue weighted by Gasteiger charge is -2.20. The molecule has 4 heteroatoms. The summed E-state index contributed by atoms with van der Waals surface area (Å²) in [5, 5.41) is 8.95. The van der Waals surface area contributed by atoms with Gasteiger partial charge in [0.15, 0.2) is 0 Å². The van der Waals surface area contributed by atoms with Crippen molar-refractivity contribution in [3.05, 3.63) is 30.0 Å². The first kappa shape index (κ1) is 15.1. The van der Waals surface area contributed by atoms with Crippen LogP contribution in [0.15, 0.2) is 24.3 Å². The molecule has 1 heterocycles. The van der Waals surface area contributed by atoms with Crippen LogP contribution < -0.4 is 5.32 Å². The molecule has 1 aliphatic rings. The minimum atomic E-state index is 0.203. The third-order valence-electron chi connectivity index (χ3n) is 4.58. The van der Waals surface area contributed by atoms with E-state index in [9.17, 15) is 4.79 Å². The Bertz CT molecular complexity index is 641. The molecule has 0 bridgehead atoms. The monoisotopic (exact) mass is 299 g/mol. The molecular formula is C18H25N3O. The van der Waals surface area contributed by atoms with Crippen molar-refractivity contribution in [3.8, 4) is 0 Å². The van der Waals surface area contributed by atoms with Crippen LogP contribution in [-0.4, -0.2) is 15.7 Å². The molecule has 0 saturated heterocycles. The highest BCUT2D eigenvalue weighted by Gasteiger charge is 2.21. The SMILES string of the molecule is CCCn1nc(CNC(=O)C2CCCCC2)c2ccccc21. The second-order valence-electron chi connectivity index (χ2n) is 6.24. The van der Waals surface area contributed by atoms with Gasteiger partial charge in [-0.2, -0.15) is 5.10 Å². The molecule has 22 heavy (non-hydrogen) atoms. The number of benzene rings is 1. The Morgan fingerprint density at radius 1 is 1.27 bits per heavy atom. The molecule has 0 spiro atoms. The molecule has 0 atom stereocenters. The van der Waals surface area contributed by atoms with Crippen LogP contribution in [0.2, 0.25) is 0 Å². The average Bonchev–Trinajstić information content (AvgIpc) is 2.92. The molecule has 4 nitrogen and oxygen atoms in total. The van der Waals surface area contributed by atoms with Gasteiger partial charge in [0.2, 0.25) is 5.91 Å². The topological polar surface area (TPSA) is 46.9 Å². The lowest BCUT2D eigenvalue weighted by Crippen LogP contribution is -2.31. The van der Waals surface area contributed by atoms with E-state index in [0.717, 1.165) is 42.4 Å². The summed E-state index contributed by atoms with van der Waals surface area (Å²) in [6, 6.07) is 8.27. The summed E-state index contributed by atoms with van der Waals surface area (Å²) in [6.45, 7) is 3.60. The van der Waals surface area contributed by atoms with Crippen LogP contribution in [0.5, 0.6) is 0 Å². The minimum absolute atomic E-state index is 0.203. The molecule has 1 aliphatic carbocycles. The first-order valence-electron chi connectivity index (χ1n) is 8.51. The largest absolute Gasteiger partial charge is 0.350 e. The van der Waals surface area contributed by atoms with Crippen molar-refractivity contribution in [2.75, 3.05) is 0 Å². The molecule has 2 aromatic rings. The third kappa shape index (κ3) is 3.16. The Labute approximate surface area is 131 Å². The summed E-state index contributed by atoms with van der Waals surface area (Å²) < 4.78 is 2.05. The van der Waals surface area contributed by atoms with Crippen LogP contribution in [0.25, 0.3) is 10.9 Å². The molecule has 0 unspecified atom stereocenters. The number of nitrogens with one attached hydrogen (secondary N) is 1. The number of aromatic nitrogens is 2. The van der Waals surface area contributed by atoms with Crippen molar-refractivity contribution in [1.29, 1.82) is 0 Å². The number of fused-ring (bicyclic) bond motifs is 1. The van der Waals surface area contributed by atoms with E-state index in [0.29, 0.717) is 6.54 Å². The van der Waals surface area contributed by atoms with Crippen molar-refractivity contribution in [1.82, 2.24) is 15.1 Å². The molecule has 1 saturated carbocycles. The molecule has 1 fully saturated rings. The molecule has 118 valence electrons. The number of nitrogens with zero attached hydrogens (tertiary/aromatic N) is 2. The van der Waals surface area contributed by atoms with Crippen LogP contribution in [-0.2, 0) is 17.9 Å². The second-order valence-corrected chi connectivity index (χ2v) is 6.24. The maximum absolute atomic E-state index is 12.3. The fourth-order valence-corrected chi connectivity index (χ4v) is 3.39. The van der Waals surface area contributed by atoms with Crippen molar-refractivity contribution in [2.24, 2.45) is 5.92 Å². The quantitative estimate of drug-likeness (QED) is 0.916. The summed E-state index contributed by atoms with van der Waals surface area (Å²) in [7, 11) is 0. The summed E-state index contributed by atoms with van der Waals surface area (Å²) in [4.78, 5) is 12.3. The van der Waals surface area contributed by atoms with Gasteiger partial charge < -0.3 is 5.32 Å². The molecule has 3 rings (SSSR count). The van der Waals surface area contributed by atoms with Crippen LogP contribution in [0.4, 0.5) is 0 Å². The van der Waals surface area contributed by atoms with E-state index in [1.54, 1.807) is 0 Å². The predicted octanol–water partition coefficient (Wildman–Crippen LogP) is 3.64. The number of hydrogen-bond acceptors (Lipinski definition) is 2. The molecule has 1 aromatic heterocycles. The number of hydrogen-bond donors (Lipinski definition) is 1. The van der Waals surface area contributed by atoms with E-state index in [-0.39, 0.29) is 11.8 Å². The van der Waals surface area contributed by atoms with Gasteiger partial charge in [0.25, 0.3) is 0 Å². The Hall–Kier alpha value is -1.84. The lowest BCUT2D eigenvalue weighted by atomic mass is 9.89. The zero-order valence-corrected chi connectivity index (χ0v) is 13.3. The summed E-state index contributed by atoms with van der Waals surface area (Å²) >= 11 is 0. The number of carbonyl (C=O) groups is 1. The standard InChI is InChI=1S/C18H25N3O/c1-2-12-21-17-11-7-6-10-15(17)16(20-21)13-19-18(22)14-8-4-3-5-9-14/h6-7,10-11,14H,2-5,8-9,12-13H2,1H3,(H,19,22). The molecule has 1 amide bonds. The second kappa shape index (κ2) is 6.95. The first-order chi connectivity index (χ1) is 10.8. The highest BCUT2D eigenvalue weighted by Crippen LogP contribution is 2.24. The zero-order valence-electron chi connectivity index (χ0n) is 13.3. The van der Waals surface area contributed by atoms with Gasteiger partial charge in [-0.05, 0) is 25.3 Å². The van der Waals surface area contributed by atoms with Crippen LogP contribution in [0.3, 0.4) is 0 Å². The normalized spacial score (nSPS) is 16.0. The Kier molecular flexibility index (Phi) is 4.76. The van der Waals surface area contributed by atoms with Gasteiger partial charge in [-0.15, -0.1) is 0 Å². The predicted molar refractivity (Wildman–Crippen MR) is 88.4 cm³/mol. The molecule has 1 N–H and O–H groups in total. The fraction of sp³-hybridized carbons (Fsp3) is 0.556. The van der Waals surface area contributed by atoms with Gasteiger partial charge in [-0.1, -0.05) is 44.4 Å². The maximum Gasteiger partial charge on any atom is 0.223 e. The van der Waals surface area contributed by atoms with Gasteiger partial charge >= 0.3 is 0 Å².